The van der Waals surface area contributed by atoms with E-state index < -0.39 is 0 Å². The molecule has 0 saturated heterocycles. The van der Waals surface area contributed by atoms with Crippen LogP contribution in [0.5, 0.6) is 0 Å². The maximum absolute atomic E-state index is 6.30. The minimum absolute atomic E-state index is 0.108. The van der Waals surface area contributed by atoms with Gasteiger partial charge in [-0.05, 0) is 43.2 Å². The predicted molar refractivity (Wildman–Crippen MR) is 69.9 cm³/mol. The standard InChI is InChI=1S/C13H12BrClO/c1-9-5-6-13(16-9)12(15)8-10-3-2-4-11(14)7-10/h2-7,12H,8H2,1H3. The van der Waals surface area contributed by atoms with Gasteiger partial charge in [-0.1, -0.05) is 28.1 Å². The fraction of sp³-hybridized carbons (Fsp3) is 0.231. The van der Waals surface area contributed by atoms with Crippen molar-refractivity contribution in [1.29, 1.82) is 0 Å². The Morgan fingerprint density at radius 2 is 2.12 bits per heavy atom. The van der Waals surface area contributed by atoms with Crippen LogP contribution in [0.15, 0.2) is 45.3 Å². The monoisotopic (exact) mass is 298 g/mol. The lowest BCUT2D eigenvalue weighted by Crippen LogP contribution is -1.94. The number of hydrogen-bond donors (Lipinski definition) is 0. The molecular formula is C13H12BrClO. The van der Waals surface area contributed by atoms with Crippen LogP contribution in [-0.2, 0) is 6.42 Å². The van der Waals surface area contributed by atoms with Crippen LogP contribution in [0.25, 0.3) is 0 Å². The van der Waals surface area contributed by atoms with Crippen LogP contribution < -0.4 is 0 Å². The van der Waals surface area contributed by atoms with Crippen LogP contribution in [0, 0.1) is 6.92 Å². The molecule has 1 atom stereocenters. The van der Waals surface area contributed by atoms with Crippen LogP contribution in [0.4, 0.5) is 0 Å². The van der Waals surface area contributed by atoms with Crippen molar-refractivity contribution in [3.63, 3.8) is 0 Å². The molecule has 3 heteroatoms. The molecule has 16 heavy (non-hydrogen) atoms. The first-order chi connectivity index (χ1) is 7.65. The molecule has 0 bridgehead atoms. The van der Waals surface area contributed by atoms with Gasteiger partial charge in [-0.2, -0.15) is 0 Å². The Bertz CT molecular complexity index is 478. The molecule has 0 radical (unpaired) electrons. The molecule has 1 nitrogen and oxygen atoms in total. The highest BCUT2D eigenvalue weighted by Gasteiger charge is 2.12. The van der Waals surface area contributed by atoms with Gasteiger partial charge in [0.25, 0.3) is 0 Å². The highest BCUT2D eigenvalue weighted by atomic mass is 79.9. The van der Waals surface area contributed by atoms with Gasteiger partial charge >= 0.3 is 0 Å². The molecule has 0 N–H and O–H groups in total. The van der Waals surface area contributed by atoms with E-state index in [0.29, 0.717) is 0 Å². The fourth-order valence-electron chi connectivity index (χ4n) is 1.59. The molecule has 0 aliphatic heterocycles. The zero-order chi connectivity index (χ0) is 11.5. The van der Waals surface area contributed by atoms with E-state index in [-0.39, 0.29) is 5.38 Å². The largest absolute Gasteiger partial charge is 0.465 e. The zero-order valence-corrected chi connectivity index (χ0v) is 11.3. The zero-order valence-electron chi connectivity index (χ0n) is 8.91. The number of aryl methyl sites for hydroxylation is 1. The summed E-state index contributed by atoms with van der Waals surface area (Å²) in [6.45, 7) is 1.92. The smallest absolute Gasteiger partial charge is 0.122 e. The quantitative estimate of drug-likeness (QED) is 0.737. The van der Waals surface area contributed by atoms with Crippen LogP contribution in [0.1, 0.15) is 22.5 Å². The molecule has 1 heterocycles. The van der Waals surface area contributed by atoms with Crippen molar-refractivity contribution in [1.82, 2.24) is 0 Å². The minimum atomic E-state index is -0.108. The number of benzene rings is 1. The average molecular weight is 300 g/mol. The van der Waals surface area contributed by atoms with E-state index in [1.807, 2.05) is 31.2 Å². The van der Waals surface area contributed by atoms with Gasteiger partial charge < -0.3 is 4.42 Å². The summed E-state index contributed by atoms with van der Waals surface area (Å²) in [5, 5.41) is -0.108. The van der Waals surface area contributed by atoms with Gasteiger partial charge in [0.1, 0.15) is 11.5 Å². The normalized spacial score (nSPS) is 12.7. The van der Waals surface area contributed by atoms with Gasteiger partial charge in [0, 0.05) is 4.47 Å². The second kappa shape index (κ2) is 5.07. The SMILES string of the molecule is Cc1ccc(C(Cl)Cc2cccc(Br)c2)o1. The molecule has 1 aromatic carbocycles. The van der Waals surface area contributed by atoms with Crippen molar-refractivity contribution in [2.45, 2.75) is 18.7 Å². The lowest BCUT2D eigenvalue weighted by molar-refractivity contribution is 0.477. The van der Waals surface area contributed by atoms with Crippen molar-refractivity contribution in [3.8, 4) is 0 Å². The molecule has 0 amide bonds. The average Bonchev–Trinajstić information content (AvgIpc) is 2.65. The van der Waals surface area contributed by atoms with E-state index >= 15 is 0 Å². The Kier molecular flexibility index (Phi) is 3.72. The molecule has 1 aromatic heterocycles. The number of alkyl halides is 1. The van der Waals surface area contributed by atoms with Gasteiger partial charge in [-0.15, -0.1) is 11.6 Å². The summed E-state index contributed by atoms with van der Waals surface area (Å²) < 4.78 is 6.58. The first-order valence-electron chi connectivity index (χ1n) is 5.10. The topological polar surface area (TPSA) is 13.1 Å². The molecule has 0 aliphatic rings. The molecular weight excluding hydrogens is 287 g/mol. The third kappa shape index (κ3) is 2.89. The van der Waals surface area contributed by atoms with Crippen molar-refractivity contribution in [2.24, 2.45) is 0 Å². The molecule has 2 rings (SSSR count). The van der Waals surface area contributed by atoms with Gasteiger partial charge in [0.2, 0.25) is 0 Å². The number of halogens is 2. The molecule has 2 aromatic rings. The highest BCUT2D eigenvalue weighted by Crippen LogP contribution is 2.27. The lowest BCUT2D eigenvalue weighted by Gasteiger charge is -2.06. The number of furan rings is 1. The molecule has 0 aliphatic carbocycles. The molecule has 0 saturated carbocycles. The molecule has 0 spiro atoms. The van der Waals surface area contributed by atoms with E-state index in [1.165, 1.54) is 5.56 Å². The Morgan fingerprint density at radius 3 is 2.75 bits per heavy atom. The summed E-state index contributed by atoms with van der Waals surface area (Å²) in [5.74, 6) is 1.73. The molecule has 84 valence electrons. The third-order valence-electron chi connectivity index (χ3n) is 2.37. The summed E-state index contributed by atoms with van der Waals surface area (Å²) in [7, 11) is 0. The minimum Gasteiger partial charge on any atom is -0.465 e. The van der Waals surface area contributed by atoms with Gasteiger partial charge in [0.15, 0.2) is 0 Å². The van der Waals surface area contributed by atoms with Gasteiger partial charge in [0.05, 0.1) is 5.38 Å². The van der Waals surface area contributed by atoms with E-state index in [2.05, 4.69) is 28.1 Å². The van der Waals surface area contributed by atoms with Crippen molar-refractivity contribution in [2.75, 3.05) is 0 Å². The maximum Gasteiger partial charge on any atom is 0.122 e. The Balaban J connectivity index is 2.10. The first kappa shape index (κ1) is 11.7. The van der Waals surface area contributed by atoms with Crippen LogP contribution in [-0.4, -0.2) is 0 Å². The summed E-state index contributed by atoms with van der Waals surface area (Å²) in [6, 6.07) is 12.0. The van der Waals surface area contributed by atoms with Gasteiger partial charge in [-0.25, -0.2) is 0 Å². The third-order valence-corrected chi connectivity index (χ3v) is 3.24. The summed E-state index contributed by atoms with van der Waals surface area (Å²) in [5.41, 5.74) is 1.20. The Morgan fingerprint density at radius 1 is 1.31 bits per heavy atom. The van der Waals surface area contributed by atoms with Crippen molar-refractivity contribution in [3.05, 3.63) is 58.0 Å². The first-order valence-corrected chi connectivity index (χ1v) is 6.33. The fourth-order valence-corrected chi connectivity index (χ4v) is 2.34. The van der Waals surface area contributed by atoms with Crippen LogP contribution in [0.2, 0.25) is 0 Å². The van der Waals surface area contributed by atoms with Gasteiger partial charge in [-0.3, -0.25) is 0 Å². The van der Waals surface area contributed by atoms with Crippen LogP contribution in [0.3, 0.4) is 0 Å². The van der Waals surface area contributed by atoms with E-state index in [0.717, 1.165) is 22.4 Å². The predicted octanol–water partition coefficient (Wildman–Crippen LogP) is 4.87. The molecule has 1 unspecified atom stereocenters. The summed E-state index contributed by atoms with van der Waals surface area (Å²) >= 11 is 9.74. The number of rotatable bonds is 3. The van der Waals surface area contributed by atoms with E-state index in [9.17, 15) is 0 Å². The second-order valence-electron chi connectivity index (χ2n) is 3.75. The van der Waals surface area contributed by atoms with Crippen molar-refractivity contribution < 1.29 is 4.42 Å². The van der Waals surface area contributed by atoms with E-state index in [4.69, 9.17) is 16.0 Å². The lowest BCUT2D eigenvalue weighted by atomic mass is 10.1. The maximum atomic E-state index is 6.30. The second-order valence-corrected chi connectivity index (χ2v) is 5.19. The number of hydrogen-bond acceptors (Lipinski definition) is 1. The Hall–Kier alpha value is -0.730. The Labute approximate surface area is 109 Å². The highest BCUT2D eigenvalue weighted by molar-refractivity contribution is 9.10. The van der Waals surface area contributed by atoms with Crippen LogP contribution >= 0.6 is 27.5 Å². The molecule has 0 fully saturated rings. The summed E-state index contributed by atoms with van der Waals surface area (Å²) in [6.07, 6.45) is 0.772. The van der Waals surface area contributed by atoms with Crippen molar-refractivity contribution >= 4 is 27.5 Å². The summed E-state index contributed by atoms with van der Waals surface area (Å²) in [4.78, 5) is 0. The van der Waals surface area contributed by atoms with E-state index in [1.54, 1.807) is 0 Å².